The summed E-state index contributed by atoms with van der Waals surface area (Å²) < 4.78 is 5.12. The highest BCUT2D eigenvalue weighted by atomic mass is 35.5. The monoisotopic (exact) mass is 311 g/mol. The molecule has 0 aromatic carbocycles. The van der Waals surface area contributed by atoms with Gasteiger partial charge in [0.2, 0.25) is 11.2 Å². The minimum Gasteiger partial charge on any atom is -0.467 e. The number of nitrogens with zero attached hydrogens (tertiary/aromatic N) is 4. The Morgan fingerprint density at radius 1 is 1.24 bits per heavy atom. The van der Waals surface area contributed by atoms with E-state index < -0.39 is 0 Å². The van der Waals surface area contributed by atoms with Crippen LogP contribution < -0.4 is 15.0 Å². The summed E-state index contributed by atoms with van der Waals surface area (Å²) in [6.07, 6.45) is 5.89. The van der Waals surface area contributed by atoms with Crippen LogP contribution >= 0.6 is 11.6 Å². The van der Waals surface area contributed by atoms with Crippen molar-refractivity contribution in [3.05, 3.63) is 5.28 Å². The first-order chi connectivity index (χ1) is 10.2. The topological polar surface area (TPSA) is 63.2 Å². The number of anilines is 1. The lowest BCUT2D eigenvalue weighted by Gasteiger charge is -2.37. The molecule has 1 N–H and O–H groups in total. The second-order valence-corrected chi connectivity index (χ2v) is 6.19. The van der Waals surface area contributed by atoms with E-state index >= 15 is 0 Å². The maximum absolute atomic E-state index is 6.00. The predicted octanol–water partition coefficient (Wildman–Crippen LogP) is 2.03. The van der Waals surface area contributed by atoms with Gasteiger partial charge in [-0.3, -0.25) is 0 Å². The third-order valence-corrected chi connectivity index (χ3v) is 4.54. The fourth-order valence-electron chi connectivity index (χ4n) is 3.51. The molecule has 2 aliphatic rings. The zero-order valence-corrected chi connectivity index (χ0v) is 13.3. The summed E-state index contributed by atoms with van der Waals surface area (Å²) in [4.78, 5) is 15.0. The van der Waals surface area contributed by atoms with E-state index in [1.54, 1.807) is 7.11 Å². The Labute approximate surface area is 130 Å². The molecule has 1 aromatic rings. The number of aromatic nitrogens is 3. The first-order valence-electron chi connectivity index (χ1n) is 7.67. The quantitative estimate of drug-likeness (QED) is 0.898. The Kier molecular flexibility index (Phi) is 4.45. The van der Waals surface area contributed by atoms with Gasteiger partial charge in [0.05, 0.1) is 7.11 Å². The van der Waals surface area contributed by atoms with E-state index in [2.05, 4.69) is 32.1 Å². The molecule has 7 heteroatoms. The summed E-state index contributed by atoms with van der Waals surface area (Å²) >= 11 is 6.00. The lowest BCUT2D eigenvalue weighted by Crippen LogP contribution is -2.49. The molecule has 0 radical (unpaired) electrons. The van der Waals surface area contributed by atoms with E-state index in [0.717, 1.165) is 25.8 Å². The normalized spacial score (nSPS) is 27.7. The van der Waals surface area contributed by atoms with Crippen LogP contribution in [0.4, 0.5) is 5.95 Å². The minimum atomic E-state index is 0.190. The van der Waals surface area contributed by atoms with Crippen LogP contribution in [0.25, 0.3) is 0 Å². The summed E-state index contributed by atoms with van der Waals surface area (Å²) in [5.41, 5.74) is 0. The van der Waals surface area contributed by atoms with Crippen molar-refractivity contribution in [3.8, 4) is 6.01 Å². The van der Waals surface area contributed by atoms with E-state index in [1.165, 1.54) is 12.8 Å². The van der Waals surface area contributed by atoms with E-state index in [9.17, 15) is 0 Å². The minimum absolute atomic E-state index is 0.190. The predicted molar refractivity (Wildman–Crippen MR) is 82.0 cm³/mol. The molecule has 3 heterocycles. The van der Waals surface area contributed by atoms with Gasteiger partial charge < -0.3 is 15.0 Å². The average Bonchev–Trinajstić information content (AvgIpc) is 2.82. The molecule has 2 aliphatic heterocycles. The highest BCUT2D eigenvalue weighted by Gasteiger charge is 2.36. The molecule has 0 aliphatic carbocycles. The fraction of sp³-hybridized carbons (Fsp3) is 0.786. The summed E-state index contributed by atoms with van der Waals surface area (Å²) in [7, 11) is 1.55. The van der Waals surface area contributed by atoms with Gasteiger partial charge >= 0.3 is 6.01 Å². The van der Waals surface area contributed by atoms with E-state index in [1.807, 2.05) is 0 Å². The third kappa shape index (κ3) is 3.21. The van der Waals surface area contributed by atoms with Crippen molar-refractivity contribution < 1.29 is 4.74 Å². The average molecular weight is 312 g/mol. The molecule has 1 aromatic heterocycles. The number of halogens is 1. The zero-order valence-electron chi connectivity index (χ0n) is 12.5. The van der Waals surface area contributed by atoms with Gasteiger partial charge in [-0.15, -0.1) is 0 Å². The molecular weight excluding hydrogens is 290 g/mol. The number of ether oxygens (including phenoxy) is 1. The van der Waals surface area contributed by atoms with E-state index in [0.29, 0.717) is 24.1 Å². The van der Waals surface area contributed by atoms with Crippen molar-refractivity contribution in [2.45, 2.75) is 57.2 Å². The van der Waals surface area contributed by atoms with Gasteiger partial charge in [-0.25, -0.2) is 0 Å². The van der Waals surface area contributed by atoms with Crippen LogP contribution in [0.3, 0.4) is 0 Å². The number of fused-ring (bicyclic) bond motifs is 2. The highest BCUT2D eigenvalue weighted by Crippen LogP contribution is 2.31. The van der Waals surface area contributed by atoms with Crippen LogP contribution in [0.1, 0.15) is 39.0 Å². The molecule has 2 bridgehead atoms. The zero-order chi connectivity index (χ0) is 14.8. The van der Waals surface area contributed by atoms with Gasteiger partial charge in [0.15, 0.2) is 0 Å². The van der Waals surface area contributed by atoms with Crippen LogP contribution in [0.15, 0.2) is 0 Å². The molecule has 2 unspecified atom stereocenters. The van der Waals surface area contributed by atoms with Crippen molar-refractivity contribution in [2.75, 3.05) is 18.6 Å². The number of nitrogens with one attached hydrogen (secondary N) is 1. The fourth-order valence-corrected chi connectivity index (χ4v) is 3.66. The standard InChI is InChI=1S/C14H22ClN5O/c1-3-6-20(11-7-9-4-5-10(8-11)16-9)13-17-12(15)18-14(19-13)21-2/h9-11,16H,3-8H2,1-2H3. The van der Waals surface area contributed by atoms with Gasteiger partial charge in [0, 0.05) is 24.7 Å². The molecule has 2 atom stereocenters. The molecular formula is C14H22ClN5O. The Morgan fingerprint density at radius 2 is 1.95 bits per heavy atom. The van der Waals surface area contributed by atoms with Crippen molar-refractivity contribution in [3.63, 3.8) is 0 Å². The second-order valence-electron chi connectivity index (χ2n) is 5.85. The van der Waals surface area contributed by atoms with Crippen molar-refractivity contribution in [1.29, 1.82) is 0 Å². The number of piperidine rings is 1. The van der Waals surface area contributed by atoms with Gasteiger partial charge in [-0.2, -0.15) is 15.0 Å². The number of hydrogen-bond acceptors (Lipinski definition) is 6. The first-order valence-corrected chi connectivity index (χ1v) is 8.05. The van der Waals surface area contributed by atoms with Crippen LogP contribution in [-0.2, 0) is 0 Å². The van der Waals surface area contributed by atoms with Crippen molar-refractivity contribution in [1.82, 2.24) is 20.3 Å². The Morgan fingerprint density at radius 3 is 2.57 bits per heavy atom. The van der Waals surface area contributed by atoms with Crippen molar-refractivity contribution >= 4 is 17.5 Å². The molecule has 2 saturated heterocycles. The lowest BCUT2D eigenvalue weighted by molar-refractivity contribution is 0.341. The number of hydrogen-bond donors (Lipinski definition) is 1. The molecule has 2 fully saturated rings. The largest absolute Gasteiger partial charge is 0.467 e. The summed E-state index contributed by atoms with van der Waals surface area (Å²) in [6, 6.07) is 2.01. The summed E-state index contributed by atoms with van der Waals surface area (Å²) in [5, 5.41) is 3.86. The molecule has 0 amide bonds. The van der Waals surface area contributed by atoms with Gasteiger partial charge in [0.1, 0.15) is 0 Å². The highest BCUT2D eigenvalue weighted by molar-refractivity contribution is 6.28. The SMILES string of the molecule is CCCN(c1nc(Cl)nc(OC)n1)C1CC2CCC(C1)N2. The van der Waals surface area contributed by atoms with E-state index in [4.69, 9.17) is 16.3 Å². The molecule has 116 valence electrons. The lowest BCUT2D eigenvalue weighted by atomic mass is 9.98. The first kappa shape index (κ1) is 14.8. The smallest absolute Gasteiger partial charge is 0.322 e. The van der Waals surface area contributed by atoms with Crippen LogP contribution in [-0.4, -0.2) is 46.7 Å². The van der Waals surface area contributed by atoms with Crippen LogP contribution in [0.2, 0.25) is 5.28 Å². The number of methoxy groups -OCH3 is 1. The Balaban J connectivity index is 1.85. The molecule has 0 saturated carbocycles. The Hall–Kier alpha value is -1.14. The summed E-state index contributed by atoms with van der Waals surface area (Å²) in [5.74, 6) is 0.639. The summed E-state index contributed by atoms with van der Waals surface area (Å²) in [6.45, 7) is 3.09. The van der Waals surface area contributed by atoms with Crippen LogP contribution in [0, 0.1) is 0 Å². The van der Waals surface area contributed by atoms with Gasteiger partial charge in [0.25, 0.3) is 0 Å². The van der Waals surface area contributed by atoms with Crippen molar-refractivity contribution in [2.24, 2.45) is 0 Å². The van der Waals surface area contributed by atoms with E-state index in [-0.39, 0.29) is 11.3 Å². The maximum atomic E-state index is 6.00. The molecule has 3 rings (SSSR count). The third-order valence-electron chi connectivity index (χ3n) is 4.37. The second kappa shape index (κ2) is 6.32. The number of rotatable bonds is 5. The van der Waals surface area contributed by atoms with Gasteiger partial charge in [-0.1, -0.05) is 6.92 Å². The molecule has 0 spiro atoms. The van der Waals surface area contributed by atoms with Crippen LogP contribution in [0.5, 0.6) is 6.01 Å². The Bertz CT molecular complexity index is 488. The molecule has 6 nitrogen and oxygen atoms in total. The van der Waals surface area contributed by atoms with Gasteiger partial charge in [-0.05, 0) is 43.7 Å². The molecule has 21 heavy (non-hydrogen) atoms. The maximum Gasteiger partial charge on any atom is 0.322 e.